The van der Waals surface area contributed by atoms with Crippen molar-refractivity contribution in [2.45, 2.75) is 18.5 Å². The third-order valence-corrected chi connectivity index (χ3v) is 4.74. The van der Waals surface area contributed by atoms with Crippen LogP contribution in [0.15, 0.2) is 46.2 Å². The number of aromatic nitrogens is 3. The Balaban J connectivity index is 1.62. The van der Waals surface area contributed by atoms with Gasteiger partial charge in [-0.3, -0.25) is 0 Å². The van der Waals surface area contributed by atoms with Crippen LogP contribution in [-0.2, 0) is 13.5 Å². The van der Waals surface area contributed by atoms with Crippen molar-refractivity contribution in [1.29, 1.82) is 0 Å². The van der Waals surface area contributed by atoms with Crippen LogP contribution in [0.1, 0.15) is 11.3 Å². The van der Waals surface area contributed by atoms with Crippen LogP contribution in [0.4, 0.5) is 0 Å². The average molecular weight is 329 g/mol. The molecule has 5 nitrogen and oxygen atoms in total. The van der Waals surface area contributed by atoms with Crippen LogP contribution < -0.4 is 4.74 Å². The van der Waals surface area contributed by atoms with Crippen molar-refractivity contribution in [3.63, 3.8) is 0 Å². The highest BCUT2D eigenvalue weighted by Gasteiger charge is 2.14. The van der Waals surface area contributed by atoms with E-state index in [0.29, 0.717) is 0 Å². The highest BCUT2D eigenvalue weighted by atomic mass is 32.2. The van der Waals surface area contributed by atoms with E-state index in [1.165, 1.54) is 5.56 Å². The van der Waals surface area contributed by atoms with E-state index in [-0.39, 0.29) is 0 Å². The third kappa shape index (κ3) is 3.42. The van der Waals surface area contributed by atoms with Crippen LogP contribution in [-0.4, -0.2) is 27.6 Å². The number of hydrogen-bond donors (Lipinski definition) is 0. The molecule has 0 fully saturated rings. The highest BCUT2D eigenvalue weighted by Crippen LogP contribution is 2.26. The molecule has 3 rings (SSSR count). The molecule has 3 aromatic rings. The first-order valence-electron chi connectivity index (χ1n) is 7.38. The van der Waals surface area contributed by atoms with Gasteiger partial charge in [0.05, 0.1) is 18.9 Å². The molecule has 0 aliphatic rings. The van der Waals surface area contributed by atoms with Crippen molar-refractivity contribution < 1.29 is 9.15 Å². The summed E-state index contributed by atoms with van der Waals surface area (Å²) in [5.41, 5.74) is 2.27. The zero-order chi connectivity index (χ0) is 16.2. The van der Waals surface area contributed by atoms with E-state index >= 15 is 0 Å². The summed E-state index contributed by atoms with van der Waals surface area (Å²) in [5.74, 6) is 3.52. The smallest absolute Gasteiger partial charge is 0.191 e. The quantitative estimate of drug-likeness (QED) is 0.645. The van der Waals surface area contributed by atoms with Gasteiger partial charge in [-0.15, -0.1) is 10.2 Å². The van der Waals surface area contributed by atoms with E-state index in [2.05, 4.69) is 22.3 Å². The molecule has 0 unspecified atom stereocenters. The Hall–Kier alpha value is -2.21. The summed E-state index contributed by atoms with van der Waals surface area (Å²) in [4.78, 5) is 0. The van der Waals surface area contributed by atoms with Gasteiger partial charge in [0.2, 0.25) is 0 Å². The fraction of sp³-hybridized carbons (Fsp3) is 0.294. The predicted octanol–water partition coefficient (Wildman–Crippen LogP) is 3.73. The Morgan fingerprint density at radius 1 is 1.17 bits per heavy atom. The molecule has 2 aromatic heterocycles. The van der Waals surface area contributed by atoms with E-state index in [4.69, 9.17) is 9.15 Å². The number of thioether (sulfide) groups is 1. The first-order valence-corrected chi connectivity index (χ1v) is 8.37. The lowest BCUT2D eigenvalue weighted by Crippen LogP contribution is -1.96. The topological polar surface area (TPSA) is 53.1 Å². The van der Waals surface area contributed by atoms with Gasteiger partial charge in [0, 0.05) is 12.8 Å². The average Bonchev–Trinajstić information content (AvgIpc) is 3.14. The number of furan rings is 1. The summed E-state index contributed by atoms with van der Waals surface area (Å²) in [6.45, 7) is 1.93. The minimum atomic E-state index is 0.836. The van der Waals surface area contributed by atoms with Gasteiger partial charge < -0.3 is 13.7 Å². The first-order chi connectivity index (χ1) is 11.2. The van der Waals surface area contributed by atoms with E-state index in [1.807, 2.05) is 36.7 Å². The van der Waals surface area contributed by atoms with E-state index in [1.54, 1.807) is 25.1 Å². The van der Waals surface area contributed by atoms with Crippen molar-refractivity contribution in [2.24, 2.45) is 7.05 Å². The summed E-state index contributed by atoms with van der Waals surface area (Å²) < 4.78 is 12.5. The summed E-state index contributed by atoms with van der Waals surface area (Å²) >= 11 is 1.70. The molecule has 0 radical (unpaired) electrons. The van der Waals surface area contributed by atoms with Crippen LogP contribution >= 0.6 is 11.8 Å². The van der Waals surface area contributed by atoms with Crippen molar-refractivity contribution in [3.8, 4) is 17.1 Å². The van der Waals surface area contributed by atoms with Gasteiger partial charge in [-0.05, 0) is 37.1 Å². The lowest BCUT2D eigenvalue weighted by atomic mass is 10.2. The van der Waals surface area contributed by atoms with Gasteiger partial charge >= 0.3 is 0 Å². The van der Waals surface area contributed by atoms with Gasteiger partial charge in [0.1, 0.15) is 11.5 Å². The monoisotopic (exact) mass is 329 g/mol. The summed E-state index contributed by atoms with van der Waals surface area (Å²) in [5, 5.41) is 9.48. The zero-order valence-electron chi connectivity index (χ0n) is 13.4. The molecular formula is C17H19N3O2S. The van der Waals surface area contributed by atoms with Crippen molar-refractivity contribution in [2.75, 3.05) is 12.9 Å². The summed E-state index contributed by atoms with van der Waals surface area (Å²) in [6, 6.07) is 10.1. The van der Waals surface area contributed by atoms with Gasteiger partial charge in [0.15, 0.2) is 11.0 Å². The van der Waals surface area contributed by atoms with E-state index < -0.39 is 0 Å². The maximum Gasteiger partial charge on any atom is 0.191 e. The van der Waals surface area contributed by atoms with Crippen molar-refractivity contribution in [1.82, 2.24) is 14.8 Å². The molecule has 0 amide bonds. The van der Waals surface area contributed by atoms with Crippen LogP contribution in [0.2, 0.25) is 0 Å². The second-order valence-corrected chi connectivity index (χ2v) is 6.26. The lowest BCUT2D eigenvalue weighted by molar-refractivity contribution is 0.414. The second-order valence-electron chi connectivity index (χ2n) is 5.20. The van der Waals surface area contributed by atoms with Gasteiger partial charge in [-0.25, -0.2) is 0 Å². The number of ether oxygens (including phenoxy) is 1. The molecule has 23 heavy (non-hydrogen) atoms. The highest BCUT2D eigenvalue weighted by molar-refractivity contribution is 7.99. The van der Waals surface area contributed by atoms with Crippen LogP contribution in [0.3, 0.4) is 0 Å². The van der Waals surface area contributed by atoms with Gasteiger partial charge in [0.25, 0.3) is 0 Å². The Morgan fingerprint density at radius 2 is 1.96 bits per heavy atom. The normalized spacial score (nSPS) is 10.9. The van der Waals surface area contributed by atoms with E-state index in [9.17, 15) is 0 Å². The molecule has 0 aliphatic carbocycles. The standard InChI is InChI=1S/C17H19N3O2S/c1-12-15(8-10-22-12)16-18-19-17(20(16)2)23-11-9-13-4-6-14(21-3)7-5-13/h4-8,10H,9,11H2,1-3H3. The minimum absolute atomic E-state index is 0.836. The molecule has 0 bridgehead atoms. The number of benzene rings is 1. The fourth-order valence-corrected chi connectivity index (χ4v) is 3.24. The molecule has 1 aromatic carbocycles. The van der Waals surface area contributed by atoms with Gasteiger partial charge in [-0.1, -0.05) is 23.9 Å². The zero-order valence-corrected chi connectivity index (χ0v) is 14.3. The van der Waals surface area contributed by atoms with Crippen molar-refractivity contribution in [3.05, 3.63) is 47.9 Å². The fourth-order valence-electron chi connectivity index (χ4n) is 2.34. The van der Waals surface area contributed by atoms with Gasteiger partial charge in [-0.2, -0.15) is 0 Å². The molecule has 6 heteroatoms. The Labute approximate surface area is 139 Å². The third-order valence-electron chi connectivity index (χ3n) is 3.72. The lowest BCUT2D eigenvalue weighted by Gasteiger charge is -2.04. The number of rotatable bonds is 6. The Kier molecular flexibility index (Phi) is 4.71. The Morgan fingerprint density at radius 3 is 2.61 bits per heavy atom. The number of hydrogen-bond acceptors (Lipinski definition) is 5. The number of nitrogens with zero attached hydrogens (tertiary/aromatic N) is 3. The SMILES string of the molecule is COc1ccc(CCSc2nnc(-c3ccoc3C)n2C)cc1. The molecule has 2 heterocycles. The summed E-state index contributed by atoms with van der Waals surface area (Å²) in [7, 11) is 3.66. The molecule has 0 spiro atoms. The van der Waals surface area contributed by atoms with Crippen LogP contribution in [0.5, 0.6) is 5.75 Å². The molecular weight excluding hydrogens is 310 g/mol. The van der Waals surface area contributed by atoms with Crippen molar-refractivity contribution >= 4 is 11.8 Å². The van der Waals surface area contributed by atoms with Crippen LogP contribution in [0, 0.1) is 6.92 Å². The molecule has 0 N–H and O–H groups in total. The molecule has 0 atom stereocenters. The minimum Gasteiger partial charge on any atom is -0.497 e. The molecule has 0 aliphatic heterocycles. The molecule has 0 saturated heterocycles. The Bertz CT molecular complexity index is 777. The second kappa shape index (κ2) is 6.91. The largest absolute Gasteiger partial charge is 0.497 e. The summed E-state index contributed by atoms with van der Waals surface area (Å²) in [6.07, 6.45) is 2.65. The number of methoxy groups -OCH3 is 1. The molecule has 120 valence electrons. The molecule has 0 saturated carbocycles. The van der Waals surface area contributed by atoms with E-state index in [0.717, 1.165) is 40.2 Å². The van der Waals surface area contributed by atoms with Crippen LogP contribution in [0.25, 0.3) is 11.4 Å². The first kappa shape index (κ1) is 15.7. The maximum atomic E-state index is 5.34. The number of aryl methyl sites for hydroxylation is 2. The predicted molar refractivity (Wildman–Crippen MR) is 90.9 cm³/mol. The maximum absolute atomic E-state index is 5.34.